The van der Waals surface area contributed by atoms with Gasteiger partial charge in [0.2, 0.25) is 0 Å². The van der Waals surface area contributed by atoms with Crippen LogP contribution < -0.4 is 14.8 Å². The third kappa shape index (κ3) is 5.50. The molecule has 0 spiro atoms. The van der Waals surface area contributed by atoms with Crippen LogP contribution in [0.3, 0.4) is 0 Å². The highest BCUT2D eigenvalue weighted by Crippen LogP contribution is 2.31. The fraction of sp³-hybridized carbons (Fsp3) is 0.103. The molecule has 0 bridgehead atoms. The van der Waals surface area contributed by atoms with Gasteiger partial charge in [0, 0.05) is 11.3 Å². The fourth-order valence-electron chi connectivity index (χ4n) is 3.66. The molecule has 1 heterocycles. The molecular weight excluding hydrogens is 456 g/mol. The average molecular weight is 481 g/mol. The Morgan fingerprint density at radius 2 is 1.60 bits per heavy atom. The largest absolute Gasteiger partial charge is 0.490 e. The van der Waals surface area contributed by atoms with E-state index >= 15 is 0 Å². The lowest BCUT2D eigenvalue weighted by Crippen LogP contribution is -2.15. The van der Waals surface area contributed by atoms with E-state index in [4.69, 9.17) is 14.5 Å². The predicted octanol–water partition coefficient (Wildman–Crippen LogP) is 6.98. The number of rotatable bonds is 8. The maximum atomic E-state index is 13.0. The highest BCUT2D eigenvalue weighted by Gasteiger charge is 2.13. The Kier molecular flexibility index (Phi) is 6.73. The van der Waals surface area contributed by atoms with Crippen molar-refractivity contribution < 1.29 is 14.3 Å². The van der Waals surface area contributed by atoms with Crippen molar-refractivity contribution in [1.82, 2.24) is 4.98 Å². The zero-order valence-electron chi connectivity index (χ0n) is 19.2. The van der Waals surface area contributed by atoms with Crippen LogP contribution in [0.4, 0.5) is 5.69 Å². The van der Waals surface area contributed by atoms with Gasteiger partial charge < -0.3 is 14.8 Å². The molecule has 0 atom stereocenters. The molecule has 4 aromatic carbocycles. The molecule has 1 aromatic heterocycles. The number of carbonyl (C=O) groups excluding carboxylic acids is 1. The van der Waals surface area contributed by atoms with Crippen LogP contribution in [0.5, 0.6) is 11.5 Å². The van der Waals surface area contributed by atoms with Crippen LogP contribution in [0.2, 0.25) is 0 Å². The zero-order chi connectivity index (χ0) is 24.0. The van der Waals surface area contributed by atoms with Gasteiger partial charge in [-0.2, -0.15) is 0 Å². The molecular formula is C29H24N2O3S. The summed E-state index contributed by atoms with van der Waals surface area (Å²) in [5.74, 6) is 1.07. The first kappa shape index (κ1) is 22.6. The molecule has 0 radical (unpaired) electrons. The number of benzene rings is 4. The lowest BCUT2D eigenvalue weighted by molar-refractivity contribution is 0.102. The molecule has 0 unspecified atom stereocenters. The van der Waals surface area contributed by atoms with E-state index in [1.807, 2.05) is 72.8 Å². The molecule has 1 amide bonds. The molecule has 5 nitrogen and oxygen atoms in total. The van der Waals surface area contributed by atoms with Crippen LogP contribution in [0.25, 0.3) is 20.8 Å². The summed E-state index contributed by atoms with van der Waals surface area (Å²) in [6, 6.07) is 30.8. The topological polar surface area (TPSA) is 60.5 Å². The van der Waals surface area contributed by atoms with Crippen LogP contribution in [0.15, 0.2) is 97.1 Å². The van der Waals surface area contributed by atoms with E-state index < -0.39 is 0 Å². The van der Waals surface area contributed by atoms with Gasteiger partial charge in [0.1, 0.15) is 29.7 Å². The number of fused-ring (bicyclic) bond motifs is 1. The molecule has 0 aliphatic carbocycles. The summed E-state index contributed by atoms with van der Waals surface area (Å²) < 4.78 is 12.7. The van der Waals surface area contributed by atoms with E-state index in [1.54, 1.807) is 23.5 Å². The zero-order valence-corrected chi connectivity index (χ0v) is 20.0. The molecule has 0 aliphatic rings. The number of anilines is 1. The Hall–Kier alpha value is -4.16. The van der Waals surface area contributed by atoms with E-state index in [9.17, 15) is 4.79 Å². The van der Waals surface area contributed by atoms with Crippen LogP contribution in [0.1, 0.15) is 15.9 Å². The Morgan fingerprint density at radius 1 is 0.857 bits per heavy atom. The summed E-state index contributed by atoms with van der Waals surface area (Å²) in [5, 5.41) is 3.92. The van der Waals surface area contributed by atoms with Gasteiger partial charge in [0.15, 0.2) is 0 Å². The third-order valence-corrected chi connectivity index (χ3v) is 6.49. The highest BCUT2D eigenvalue weighted by molar-refractivity contribution is 7.21. The lowest BCUT2D eigenvalue weighted by Gasteiger charge is -2.12. The molecule has 35 heavy (non-hydrogen) atoms. The Balaban J connectivity index is 1.22. The van der Waals surface area contributed by atoms with Crippen molar-refractivity contribution in [2.75, 3.05) is 18.5 Å². The number of hydrogen-bond acceptors (Lipinski definition) is 5. The summed E-state index contributed by atoms with van der Waals surface area (Å²) in [6.07, 6.45) is 0. The molecule has 1 N–H and O–H groups in total. The van der Waals surface area contributed by atoms with Gasteiger partial charge in [-0.05, 0) is 73.2 Å². The quantitative estimate of drug-likeness (QED) is 0.243. The van der Waals surface area contributed by atoms with Crippen LogP contribution in [-0.4, -0.2) is 24.1 Å². The van der Waals surface area contributed by atoms with Crippen LogP contribution >= 0.6 is 11.3 Å². The van der Waals surface area contributed by atoms with Gasteiger partial charge in [-0.25, -0.2) is 4.98 Å². The molecule has 0 saturated heterocycles. The maximum absolute atomic E-state index is 13.0. The molecule has 0 saturated carbocycles. The van der Waals surface area contributed by atoms with E-state index in [1.165, 1.54) is 10.3 Å². The molecule has 174 valence electrons. The van der Waals surface area contributed by atoms with Crippen molar-refractivity contribution in [3.8, 4) is 22.1 Å². The molecule has 0 aliphatic heterocycles. The number of carbonyl (C=O) groups is 1. The lowest BCUT2D eigenvalue weighted by atomic mass is 10.1. The summed E-state index contributed by atoms with van der Waals surface area (Å²) >= 11 is 1.67. The van der Waals surface area contributed by atoms with Gasteiger partial charge in [-0.15, -0.1) is 11.3 Å². The standard InChI is InChI=1S/C29H24N2O3S/c1-20-11-16-25-27(19-20)35-29(31-25)21-12-14-22(15-13-21)30-28(32)24-9-5-6-10-26(24)34-18-17-33-23-7-3-2-4-8-23/h2-16,19H,17-18H2,1H3,(H,30,32). The summed E-state index contributed by atoms with van der Waals surface area (Å²) in [4.78, 5) is 17.7. The van der Waals surface area contributed by atoms with Crippen LogP contribution in [-0.2, 0) is 0 Å². The molecule has 5 rings (SSSR count). The van der Waals surface area contributed by atoms with Crippen LogP contribution in [0, 0.1) is 6.92 Å². The van der Waals surface area contributed by atoms with E-state index in [2.05, 4.69) is 24.4 Å². The number of nitrogens with zero attached hydrogens (tertiary/aromatic N) is 1. The van der Waals surface area contributed by atoms with Crippen molar-refractivity contribution in [1.29, 1.82) is 0 Å². The number of aromatic nitrogens is 1. The van der Waals surface area contributed by atoms with Gasteiger partial charge >= 0.3 is 0 Å². The molecule has 0 fully saturated rings. The maximum Gasteiger partial charge on any atom is 0.259 e. The first-order valence-electron chi connectivity index (χ1n) is 11.3. The van der Waals surface area contributed by atoms with Gasteiger partial charge in [-0.1, -0.05) is 36.4 Å². The average Bonchev–Trinajstić information content (AvgIpc) is 3.31. The number of amides is 1. The Morgan fingerprint density at radius 3 is 2.43 bits per heavy atom. The fourth-order valence-corrected chi connectivity index (χ4v) is 4.73. The van der Waals surface area contributed by atoms with E-state index in [0.717, 1.165) is 21.8 Å². The normalized spacial score (nSPS) is 10.8. The number of hydrogen-bond donors (Lipinski definition) is 1. The summed E-state index contributed by atoms with van der Waals surface area (Å²) in [6.45, 7) is 2.79. The smallest absolute Gasteiger partial charge is 0.259 e. The third-order valence-electron chi connectivity index (χ3n) is 5.42. The minimum Gasteiger partial charge on any atom is -0.490 e. The second kappa shape index (κ2) is 10.4. The van der Waals surface area contributed by atoms with Gasteiger partial charge in [0.25, 0.3) is 5.91 Å². The molecule has 6 heteroatoms. The van der Waals surface area contributed by atoms with Crippen molar-refractivity contribution in [3.05, 3.63) is 108 Å². The Labute approximate surface area is 208 Å². The predicted molar refractivity (Wildman–Crippen MR) is 142 cm³/mol. The first-order valence-corrected chi connectivity index (χ1v) is 12.2. The number of nitrogens with one attached hydrogen (secondary N) is 1. The highest BCUT2D eigenvalue weighted by atomic mass is 32.1. The number of ether oxygens (including phenoxy) is 2. The minimum absolute atomic E-state index is 0.229. The number of para-hydroxylation sites is 2. The SMILES string of the molecule is Cc1ccc2nc(-c3ccc(NC(=O)c4ccccc4OCCOc4ccccc4)cc3)sc2c1. The number of thiazole rings is 1. The van der Waals surface area contributed by atoms with Crippen molar-refractivity contribution >= 4 is 33.1 Å². The van der Waals surface area contributed by atoms with Gasteiger partial charge in [-0.3, -0.25) is 4.79 Å². The van der Waals surface area contributed by atoms with Gasteiger partial charge in [0.05, 0.1) is 15.8 Å². The second-order valence-corrected chi connectivity index (χ2v) is 9.06. The van der Waals surface area contributed by atoms with Crippen molar-refractivity contribution in [2.45, 2.75) is 6.92 Å². The summed E-state index contributed by atoms with van der Waals surface area (Å²) in [5.41, 5.74) is 4.41. The second-order valence-electron chi connectivity index (χ2n) is 8.03. The minimum atomic E-state index is -0.229. The number of aryl methyl sites for hydroxylation is 1. The molecule has 5 aromatic rings. The van der Waals surface area contributed by atoms with E-state index in [0.29, 0.717) is 30.2 Å². The monoisotopic (exact) mass is 480 g/mol. The van der Waals surface area contributed by atoms with E-state index in [-0.39, 0.29) is 5.91 Å². The Bertz CT molecular complexity index is 1450. The first-order chi connectivity index (χ1) is 17.2. The van der Waals surface area contributed by atoms with Crippen molar-refractivity contribution in [2.24, 2.45) is 0 Å². The van der Waals surface area contributed by atoms with Crippen molar-refractivity contribution in [3.63, 3.8) is 0 Å². The summed E-state index contributed by atoms with van der Waals surface area (Å²) in [7, 11) is 0.